The fourth-order valence-corrected chi connectivity index (χ4v) is 3.82. The van der Waals surface area contributed by atoms with Crippen molar-refractivity contribution in [3.8, 4) is 5.75 Å². The number of hydrogen-bond acceptors (Lipinski definition) is 4. The van der Waals surface area contributed by atoms with Gasteiger partial charge in [-0.3, -0.25) is 4.79 Å². The summed E-state index contributed by atoms with van der Waals surface area (Å²) < 4.78 is 38.0. The van der Waals surface area contributed by atoms with E-state index in [9.17, 15) is 13.6 Å². The molecule has 0 aliphatic carbocycles. The molecule has 1 fully saturated rings. The monoisotopic (exact) mass is 446 g/mol. The number of amides is 1. The molecule has 8 heteroatoms. The Morgan fingerprint density at radius 2 is 2.13 bits per heavy atom. The number of aromatic nitrogens is 1. The molecule has 2 heterocycles. The molecule has 5 nitrogen and oxygen atoms in total. The summed E-state index contributed by atoms with van der Waals surface area (Å²) in [6.45, 7) is 0.942. The number of rotatable bonds is 6. The minimum Gasteiger partial charge on any atom is -0.484 e. The Balaban J connectivity index is 1.34. The largest absolute Gasteiger partial charge is 0.484 e. The zero-order valence-corrected chi connectivity index (χ0v) is 17.4. The van der Waals surface area contributed by atoms with Gasteiger partial charge in [0.15, 0.2) is 12.5 Å². The first-order valence-corrected chi connectivity index (χ1v) is 10.4. The maximum atomic E-state index is 13.4. The van der Waals surface area contributed by atoms with Gasteiger partial charge < -0.3 is 14.1 Å². The summed E-state index contributed by atoms with van der Waals surface area (Å²) in [5.74, 6) is 0.556. The van der Waals surface area contributed by atoms with Crippen LogP contribution in [-0.2, 0) is 11.2 Å². The van der Waals surface area contributed by atoms with E-state index in [2.05, 4.69) is 4.98 Å². The van der Waals surface area contributed by atoms with Crippen molar-refractivity contribution < 1.29 is 22.7 Å². The van der Waals surface area contributed by atoms with Crippen molar-refractivity contribution in [1.29, 1.82) is 0 Å². The Bertz CT molecular complexity index is 1070. The smallest absolute Gasteiger partial charge is 0.260 e. The zero-order valence-electron chi connectivity index (χ0n) is 16.7. The third-order valence-corrected chi connectivity index (χ3v) is 5.51. The number of oxazole rings is 1. The number of halogens is 3. The highest BCUT2D eigenvalue weighted by Crippen LogP contribution is 2.28. The SMILES string of the molecule is O=C(COc1ccc(F)c(Cl)c1)N1CCC[C@@H](c2ncc(Cc3cccc(F)c3)o2)C1. The maximum absolute atomic E-state index is 13.4. The van der Waals surface area contributed by atoms with Crippen LogP contribution in [0.5, 0.6) is 5.75 Å². The molecule has 1 aromatic heterocycles. The van der Waals surface area contributed by atoms with Crippen LogP contribution in [-0.4, -0.2) is 35.5 Å². The maximum Gasteiger partial charge on any atom is 0.260 e. The Morgan fingerprint density at radius 3 is 2.94 bits per heavy atom. The lowest BCUT2D eigenvalue weighted by molar-refractivity contribution is -0.134. The van der Waals surface area contributed by atoms with E-state index in [4.69, 9.17) is 20.8 Å². The molecule has 0 saturated carbocycles. The van der Waals surface area contributed by atoms with Crippen LogP contribution >= 0.6 is 11.6 Å². The van der Waals surface area contributed by atoms with Crippen LogP contribution in [0.3, 0.4) is 0 Å². The molecule has 31 heavy (non-hydrogen) atoms. The van der Waals surface area contributed by atoms with Gasteiger partial charge in [-0.15, -0.1) is 0 Å². The van der Waals surface area contributed by atoms with Crippen molar-refractivity contribution in [2.24, 2.45) is 0 Å². The molecule has 1 amide bonds. The Labute approximate surface area is 183 Å². The van der Waals surface area contributed by atoms with Crippen LogP contribution in [0.2, 0.25) is 5.02 Å². The van der Waals surface area contributed by atoms with Gasteiger partial charge in [0, 0.05) is 25.6 Å². The number of carbonyl (C=O) groups is 1. The van der Waals surface area contributed by atoms with Gasteiger partial charge in [0.05, 0.1) is 17.1 Å². The molecule has 1 saturated heterocycles. The Morgan fingerprint density at radius 1 is 1.26 bits per heavy atom. The van der Waals surface area contributed by atoms with E-state index in [1.165, 1.54) is 30.3 Å². The highest BCUT2D eigenvalue weighted by Gasteiger charge is 2.28. The van der Waals surface area contributed by atoms with Gasteiger partial charge in [0.1, 0.15) is 23.1 Å². The molecule has 3 aromatic rings. The minimum absolute atomic E-state index is 0.0146. The number of carbonyl (C=O) groups excluding carboxylic acids is 1. The van der Waals surface area contributed by atoms with Gasteiger partial charge in [-0.1, -0.05) is 23.7 Å². The average molecular weight is 447 g/mol. The molecule has 4 rings (SSSR count). The molecule has 0 bridgehead atoms. The molecule has 1 aliphatic heterocycles. The first-order chi connectivity index (χ1) is 15.0. The van der Waals surface area contributed by atoms with E-state index in [1.807, 2.05) is 6.07 Å². The molecule has 0 spiro atoms. The second-order valence-electron chi connectivity index (χ2n) is 7.52. The van der Waals surface area contributed by atoms with Crippen molar-refractivity contribution in [1.82, 2.24) is 9.88 Å². The second kappa shape index (κ2) is 9.47. The van der Waals surface area contributed by atoms with E-state index < -0.39 is 5.82 Å². The van der Waals surface area contributed by atoms with Gasteiger partial charge in [-0.2, -0.15) is 0 Å². The lowest BCUT2D eigenvalue weighted by Gasteiger charge is -2.31. The molecule has 1 atom stereocenters. The lowest BCUT2D eigenvalue weighted by atomic mass is 9.98. The van der Waals surface area contributed by atoms with Crippen molar-refractivity contribution in [2.75, 3.05) is 19.7 Å². The van der Waals surface area contributed by atoms with Gasteiger partial charge >= 0.3 is 0 Å². The fraction of sp³-hybridized carbons (Fsp3) is 0.304. The number of ether oxygens (including phenoxy) is 1. The van der Waals surface area contributed by atoms with Crippen LogP contribution < -0.4 is 4.74 Å². The number of piperidine rings is 1. The zero-order chi connectivity index (χ0) is 21.8. The van der Waals surface area contributed by atoms with Gasteiger partial charge in [-0.25, -0.2) is 13.8 Å². The van der Waals surface area contributed by atoms with Crippen LogP contribution in [0.25, 0.3) is 0 Å². The highest BCUT2D eigenvalue weighted by atomic mass is 35.5. The number of nitrogens with zero attached hydrogens (tertiary/aromatic N) is 2. The molecule has 2 aromatic carbocycles. The number of likely N-dealkylation sites (tertiary alicyclic amines) is 1. The summed E-state index contributed by atoms with van der Waals surface area (Å²) >= 11 is 5.74. The Hall–Kier alpha value is -2.93. The van der Waals surface area contributed by atoms with Crippen molar-refractivity contribution >= 4 is 17.5 Å². The van der Waals surface area contributed by atoms with E-state index in [1.54, 1.807) is 17.2 Å². The van der Waals surface area contributed by atoms with Gasteiger partial charge in [0.2, 0.25) is 0 Å². The van der Waals surface area contributed by atoms with E-state index in [0.29, 0.717) is 36.9 Å². The van der Waals surface area contributed by atoms with Gasteiger partial charge in [0.25, 0.3) is 5.91 Å². The van der Waals surface area contributed by atoms with Crippen molar-refractivity contribution in [3.05, 3.63) is 82.5 Å². The van der Waals surface area contributed by atoms with E-state index >= 15 is 0 Å². The lowest BCUT2D eigenvalue weighted by Crippen LogP contribution is -2.41. The van der Waals surface area contributed by atoms with Crippen LogP contribution in [0.4, 0.5) is 8.78 Å². The van der Waals surface area contributed by atoms with Crippen LogP contribution in [0.1, 0.15) is 36.0 Å². The number of benzene rings is 2. The fourth-order valence-electron chi connectivity index (χ4n) is 3.65. The number of hydrogen-bond donors (Lipinski definition) is 0. The standard InChI is InChI=1S/C23H21ClF2N2O3/c24-20-11-18(6-7-21(20)26)30-14-22(29)28-8-2-4-16(13-28)23-27-12-19(31-23)10-15-3-1-5-17(25)9-15/h1,3,5-7,9,11-12,16H,2,4,8,10,13-14H2/t16-/m1/s1. The predicted octanol–water partition coefficient (Wildman–Crippen LogP) is 4.98. The molecule has 0 unspecified atom stereocenters. The minimum atomic E-state index is -0.540. The topological polar surface area (TPSA) is 55.6 Å². The molecule has 162 valence electrons. The summed E-state index contributed by atoms with van der Waals surface area (Å²) in [7, 11) is 0. The van der Waals surface area contributed by atoms with Crippen LogP contribution in [0, 0.1) is 11.6 Å². The van der Waals surface area contributed by atoms with Crippen molar-refractivity contribution in [3.63, 3.8) is 0 Å². The summed E-state index contributed by atoms with van der Waals surface area (Å²) in [4.78, 5) is 18.7. The third-order valence-electron chi connectivity index (χ3n) is 5.22. The first-order valence-electron chi connectivity index (χ1n) is 10.0. The van der Waals surface area contributed by atoms with E-state index in [-0.39, 0.29) is 29.3 Å². The van der Waals surface area contributed by atoms with Gasteiger partial charge in [-0.05, 0) is 42.7 Å². The quantitative estimate of drug-likeness (QED) is 0.535. The highest BCUT2D eigenvalue weighted by molar-refractivity contribution is 6.30. The second-order valence-corrected chi connectivity index (χ2v) is 7.92. The third kappa shape index (κ3) is 5.41. The summed E-state index contributed by atoms with van der Waals surface area (Å²) in [6.07, 6.45) is 3.79. The van der Waals surface area contributed by atoms with Crippen LogP contribution in [0.15, 0.2) is 53.1 Å². The average Bonchev–Trinajstić information content (AvgIpc) is 3.23. The summed E-state index contributed by atoms with van der Waals surface area (Å²) in [5, 5.41) is -0.0547. The normalized spacial score (nSPS) is 16.4. The molecule has 0 N–H and O–H groups in total. The van der Waals surface area contributed by atoms with Crippen molar-refractivity contribution in [2.45, 2.75) is 25.2 Å². The molecular weight excluding hydrogens is 426 g/mol. The molecule has 1 aliphatic rings. The summed E-state index contributed by atoms with van der Waals surface area (Å²) in [6, 6.07) is 10.3. The first kappa shape index (κ1) is 21.3. The van der Waals surface area contributed by atoms with E-state index in [0.717, 1.165) is 18.4 Å². The predicted molar refractivity (Wildman–Crippen MR) is 111 cm³/mol. The molecular formula is C23H21ClF2N2O3. The Kier molecular flexibility index (Phi) is 6.51. The summed E-state index contributed by atoms with van der Waals surface area (Å²) in [5.41, 5.74) is 0.807. The molecule has 0 radical (unpaired) electrons.